The van der Waals surface area contributed by atoms with E-state index < -0.39 is 0 Å². The molecule has 7 aromatic rings. The molecule has 7 aromatic carbocycles. The lowest BCUT2D eigenvalue weighted by Crippen LogP contribution is -2.19. The molecule has 0 heterocycles. The number of para-hydroxylation sites is 1. The number of fused-ring (bicyclic) bond motifs is 6. The van der Waals surface area contributed by atoms with Crippen LogP contribution in [0.25, 0.3) is 44.8 Å². The Hall–Kier alpha value is -5.66. The predicted octanol–water partition coefficient (Wildman–Crippen LogP) is 13.1. The molecule has 0 unspecified atom stereocenters. The number of anilines is 3. The summed E-state index contributed by atoms with van der Waals surface area (Å²) in [6, 6.07) is 55.6. The van der Waals surface area contributed by atoms with Crippen molar-refractivity contribution in [1.82, 2.24) is 0 Å². The first-order chi connectivity index (χ1) is 23.8. The van der Waals surface area contributed by atoms with Gasteiger partial charge in [-0.2, -0.15) is 0 Å². The van der Waals surface area contributed by atoms with Crippen molar-refractivity contribution in [3.05, 3.63) is 185 Å². The molecule has 0 fully saturated rings. The molecule has 2 aliphatic rings. The number of hydrogen-bond acceptors (Lipinski definition) is 1. The van der Waals surface area contributed by atoms with Crippen LogP contribution in [-0.2, 0) is 10.8 Å². The molecule has 236 valence electrons. The van der Waals surface area contributed by atoms with E-state index in [1.165, 1.54) is 66.1 Å². The third-order valence-corrected chi connectivity index (χ3v) is 10.9. The molecule has 49 heavy (non-hydrogen) atoms. The largest absolute Gasteiger partial charge is 0.310 e. The summed E-state index contributed by atoms with van der Waals surface area (Å²) in [6.07, 6.45) is 4.52. The number of benzene rings is 7. The first-order valence-electron chi connectivity index (χ1n) is 17.3. The van der Waals surface area contributed by atoms with Crippen molar-refractivity contribution in [2.75, 3.05) is 4.90 Å². The lowest BCUT2D eigenvalue weighted by molar-refractivity contribution is 0.694. The van der Waals surface area contributed by atoms with Crippen molar-refractivity contribution in [3.63, 3.8) is 0 Å². The van der Waals surface area contributed by atoms with E-state index in [2.05, 4.69) is 196 Å². The Morgan fingerprint density at radius 1 is 0.388 bits per heavy atom. The van der Waals surface area contributed by atoms with Crippen molar-refractivity contribution in [2.24, 2.45) is 0 Å². The molecule has 0 radical (unpaired) electrons. The summed E-state index contributed by atoms with van der Waals surface area (Å²) in [5.74, 6) is 0. The van der Waals surface area contributed by atoms with Crippen molar-refractivity contribution in [2.45, 2.75) is 38.5 Å². The molecule has 9 rings (SSSR count). The standard InChI is InChI=1S/C48H39N/c1-47(2)43-17-11-10-16-41(43)45-46(47)42-27-21-33(29-44(42)48(45,3)4)19-18-32-20-22-37-31-40(26-24-36(37)28-32)49(38-14-6-5-7-15-38)39-25-23-34-12-8-9-13-35(34)30-39/h5-31H,1-4H3/b19-18+. The first-order valence-corrected chi connectivity index (χ1v) is 17.3. The fraction of sp³-hybridized carbons (Fsp3) is 0.125. The molecule has 0 saturated carbocycles. The van der Waals surface area contributed by atoms with Gasteiger partial charge in [0.2, 0.25) is 0 Å². The van der Waals surface area contributed by atoms with Crippen LogP contribution >= 0.6 is 0 Å². The van der Waals surface area contributed by atoms with Gasteiger partial charge in [0.1, 0.15) is 0 Å². The summed E-state index contributed by atoms with van der Waals surface area (Å²) >= 11 is 0. The number of nitrogens with zero attached hydrogens (tertiary/aromatic N) is 1. The Balaban J connectivity index is 1.03. The third-order valence-electron chi connectivity index (χ3n) is 10.9. The van der Waals surface area contributed by atoms with Crippen LogP contribution in [0, 0.1) is 0 Å². The quantitative estimate of drug-likeness (QED) is 0.171. The zero-order valence-corrected chi connectivity index (χ0v) is 28.5. The van der Waals surface area contributed by atoms with Crippen LogP contribution in [0.15, 0.2) is 152 Å². The van der Waals surface area contributed by atoms with Crippen molar-refractivity contribution < 1.29 is 0 Å². The highest BCUT2D eigenvalue weighted by Crippen LogP contribution is 2.62. The van der Waals surface area contributed by atoms with Gasteiger partial charge in [-0.1, -0.05) is 149 Å². The molecule has 0 bridgehead atoms. The number of hydrogen-bond donors (Lipinski definition) is 0. The molecule has 0 amide bonds. The van der Waals surface area contributed by atoms with Crippen LogP contribution in [0.2, 0.25) is 0 Å². The zero-order chi connectivity index (χ0) is 33.3. The minimum absolute atomic E-state index is 0.00433. The molecular formula is C48H39N. The Morgan fingerprint density at radius 2 is 0.898 bits per heavy atom. The second kappa shape index (κ2) is 10.9. The van der Waals surface area contributed by atoms with E-state index in [1.807, 2.05) is 0 Å². The summed E-state index contributed by atoms with van der Waals surface area (Å²) in [5.41, 5.74) is 14.6. The summed E-state index contributed by atoms with van der Waals surface area (Å²) in [6.45, 7) is 9.57. The fourth-order valence-electron chi connectivity index (χ4n) is 8.51. The Labute approximate surface area is 289 Å². The zero-order valence-electron chi connectivity index (χ0n) is 28.5. The SMILES string of the molecule is CC1(C)C2=C(c3ccccc31)C(C)(C)c1cc(/C=C/c3ccc4cc(N(c5ccccc5)c5ccc6ccccc6c5)ccc4c3)ccc12. The average molecular weight is 630 g/mol. The molecule has 2 aliphatic carbocycles. The van der Waals surface area contributed by atoms with Gasteiger partial charge in [-0.25, -0.2) is 0 Å². The van der Waals surface area contributed by atoms with Crippen LogP contribution < -0.4 is 4.90 Å². The van der Waals surface area contributed by atoms with Crippen molar-refractivity contribution in [1.29, 1.82) is 0 Å². The molecule has 0 saturated heterocycles. The van der Waals surface area contributed by atoms with Gasteiger partial charge in [0.15, 0.2) is 0 Å². The maximum Gasteiger partial charge on any atom is 0.0468 e. The summed E-state index contributed by atoms with van der Waals surface area (Å²) < 4.78 is 0. The van der Waals surface area contributed by atoms with Crippen molar-refractivity contribution >= 4 is 61.9 Å². The fourth-order valence-corrected chi connectivity index (χ4v) is 8.51. The molecule has 0 aliphatic heterocycles. The van der Waals surface area contributed by atoms with Gasteiger partial charge < -0.3 is 4.90 Å². The second-order valence-electron chi connectivity index (χ2n) is 14.7. The molecule has 1 nitrogen and oxygen atoms in total. The highest BCUT2D eigenvalue weighted by atomic mass is 15.1. The van der Waals surface area contributed by atoms with Gasteiger partial charge in [-0.15, -0.1) is 0 Å². The van der Waals surface area contributed by atoms with E-state index in [4.69, 9.17) is 0 Å². The average Bonchev–Trinajstić information content (AvgIpc) is 3.52. The van der Waals surface area contributed by atoms with Gasteiger partial charge in [-0.3, -0.25) is 0 Å². The maximum atomic E-state index is 2.42. The van der Waals surface area contributed by atoms with Crippen LogP contribution in [-0.4, -0.2) is 0 Å². The Morgan fingerprint density at radius 3 is 1.65 bits per heavy atom. The van der Waals surface area contributed by atoms with Gasteiger partial charge in [0.25, 0.3) is 0 Å². The summed E-state index contributed by atoms with van der Waals surface area (Å²) in [7, 11) is 0. The van der Waals surface area contributed by atoms with Crippen LogP contribution in [0.5, 0.6) is 0 Å². The molecule has 0 atom stereocenters. The third kappa shape index (κ3) is 4.68. The first kappa shape index (κ1) is 29.5. The highest BCUT2D eigenvalue weighted by molar-refractivity contribution is 6.09. The van der Waals surface area contributed by atoms with E-state index >= 15 is 0 Å². The van der Waals surface area contributed by atoms with E-state index in [0.717, 1.165) is 17.1 Å². The topological polar surface area (TPSA) is 3.24 Å². The Bertz CT molecular complexity index is 2490. The normalized spacial score (nSPS) is 15.5. The molecule has 0 aromatic heterocycles. The van der Waals surface area contributed by atoms with Gasteiger partial charge in [-0.05, 0) is 109 Å². The highest BCUT2D eigenvalue weighted by Gasteiger charge is 2.49. The van der Waals surface area contributed by atoms with Gasteiger partial charge in [0.05, 0.1) is 0 Å². The number of rotatable bonds is 5. The summed E-state index contributed by atoms with van der Waals surface area (Å²) in [4.78, 5) is 2.35. The predicted molar refractivity (Wildman–Crippen MR) is 211 cm³/mol. The maximum absolute atomic E-state index is 2.42. The summed E-state index contributed by atoms with van der Waals surface area (Å²) in [5, 5.41) is 4.94. The van der Waals surface area contributed by atoms with Crippen LogP contribution in [0.3, 0.4) is 0 Å². The lowest BCUT2D eigenvalue weighted by atomic mass is 9.75. The molecule has 1 heteroatoms. The van der Waals surface area contributed by atoms with E-state index in [-0.39, 0.29) is 10.8 Å². The monoisotopic (exact) mass is 629 g/mol. The van der Waals surface area contributed by atoms with Gasteiger partial charge >= 0.3 is 0 Å². The second-order valence-corrected chi connectivity index (χ2v) is 14.7. The number of allylic oxidation sites excluding steroid dienone is 2. The molecule has 0 N–H and O–H groups in total. The molecule has 0 spiro atoms. The molecular weight excluding hydrogens is 591 g/mol. The van der Waals surface area contributed by atoms with Crippen LogP contribution in [0.4, 0.5) is 17.1 Å². The smallest absolute Gasteiger partial charge is 0.0468 e. The minimum Gasteiger partial charge on any atom is -0.310 e. The van der Waals surface area contributed by atoms with E-state index in [9.17, 15) is 0 Å². The van der Waals surface area contributed by atoms with E-state index in [1.54, 1.807) is 0 Å². The Kier molecular flexibility index (Phi) is 6.58. The minimum atomic E-state index is -0.0421. The van der Waals surface area contributed by atoms with E-state index in [0.29, 0.717) is 0 Å². The van der Waals surface area contributed by atoms with Crippen LogP contribution in [0.1, 0.15) is 61.1 Å². The lowest BCUT2D eigenvalue weighted by Gasteiger charge is -2.28. The van der Waals surface area contributed by atoms with Crippen molar-refractivity contribution in [3.8, 4) is 0 Å². The van der Waals surface area contributed by atoms with Gasteiger partial charge in [0, 0.05) is 27.9 Å².